The van der Waals surface area contributed by atoms with Gasteiger partial charge in [0.05, 0.1) is 35.1 Å². The van der Waals surface area contributed by atoms with Gasteiger partial charge in [0, 0.05) is 37.5 Å². The topological polar surface area (TPSA) is 88.4 Å². The number of rotatable bonds is 5. The smallest absolute Gasteiger partial charge is 0.258 e. The fraction of sp³-hybridized carbons (Fsp3) is 0.391. The maximum Gasteiger partial charge on any atom is 0.258 e. The summed E-state index contributed by atoms with van der Waals surface area (Å²) in [5.41, 5.74) is 2.43. The first-order valence-electron chi connectivity index (χ1n) is 10.8. The number of nitrogens with one attached hydrogen (secondary N) is 1. The zero-order chi connectivity index (χ0) is 22.2. The summed E-state index contributed by atoms with van der Waals surface area (Å²) in [6.45, 7) is 5.36. The van der Waals surface area contributed by atoms with E-state index in [1.54, 1.807) is 36.2 Å². The minimum Gasteiger partial charge on any atom is -0.383 e. The molecule has 1 aliphatic heterocycles. The van der Waals surface area contributed by atoms with Crippen LogP contribution in [0.25, 0.3) is 27.8 Å². The van der Waals surface area contributed by atoms with Crippen LogP contribution in [0.15, 0.2) is 35.5 Å². The molecule has 0 atom stereocenters. The van der Waals surface area contributed by atoms with Crippen molar-refractivity contribution in [1.82, 2.24) is 29.2 Å². The first-order valence-corrected chi connectivity index (χ1v) is 10.8. The third-order valence-corrected chi connectivity index (χ3v) is 6.12. The highest BCUT2D eigenvalue weighted by molar-refractivity contribution is 5.81. The number of aromatic amines is 1. The number of piperidine rings is 1. The molecule has 4 aromatic rings. The molecule has 0 aliphatic carbocycles. The molecule has 9 heteroatoms. The molecule has 0 bridgehead atoms. The van der Waals surface area contributed by atoms with E-state index in [-0.39, 0.29) is 17.1 Å². The molecule has 4 aromatic heterocycles. The van der Waals surface area contributed by atoms with Crippen molar-refractivity contribution in [3.63, 3.8) is 0 Å². The maximum atomic E-state index is 14.5. The van der Waals surface area contributed by atoms with E-state index in [2.05, 4.69) is 19.9 Å². The molecular weight excluding hydrogens is 411 g/mol. The lowest BCUT2D eigenvalue weighted by Gasteiger charge is -2.31. The van der Waals surface area contributed by atoms with E-state index in [1.807, 2.05) is 6.92 Å². The first-order chi connectivity index (χ1) is 15.5. The van der Waals surface area contributed by atoms with Crippen molar-refractivity contribution in [3.8, 4) is 11.3 Å². The minimum absolute atomic E-state index is 0.199. The predicted octanol–water partition coefficient (Wildman–Crippen LogP) is 2.91. The van der Waals surface area contributed by atoms with E-state index < -0.39 is 5.82 Å². The summed E-state index contributed by atoms with van der Waals surface area (Å²) >= 11 is 0. The van der Waals surface area contributed by atoms with E-state index in [0.717, 1.165) is 44.8 Å². The SMILES string of the molecule is COCCN1CCC(c2nc3cnc(-c4cc(F)c5nc(C)cn5c4)cc3c(=O)[nH]2)CC1. The van der Waals surface area contributed by atoms with Crippen molar-refractivity contribution in [2.75, 3.05) is 33.4 Å². The lowest BCUT2D eigenvalue weighted by atomic mass is 9.96. The van der Waals surface area contributed by atoms with Gasteiger partial charge in [-0.25, -0.2) is 14.4 Å². The standard InChI is InChI=1S/C23H25FN6O2/c1-14-12-30-13-16(9-18(24)22(30)26-14)19-10-17-20(11-25-19)27-21(28-23(17)31)15-3-5-29(6-4-15)7-8-32-2/h9-13,15H,3-8H2,1-2H3,(H,27,28,31). The number of nitrogens with zero attached hydrogens (tertiary/aromatic N) is 5. The van der Waals surface area contributed by atoms with Gasteiger partial charge in [0.1, 0.15) is 5.82 Å². The van der Waals surface area contributed by atoms with Crippen LogP contribution in [0.4, 0.5) is 4.39 Å². The molecule has 0 unspecified atom stereocenters. The molecule has 0 radical (unpaired) electrons. The van der Waals surface area contributed by atoms with Gasteiger partial charge >= 0.3 is 0 Å². The van der Waals surface area contributed by atoms with E-state index in [1.165, 1.54) is 6.07 Å². The Bertz CT molecular complexity index is 1340. The van der Waals surface area contributed by atoms with Gasteiger partial charge in [-0.05, 0) is 45.0 Å². The Labute approximate surface area is 184 Å². The molecule has 8 nitrogen and oxygen atoms in total. The van der Waals surface area contributed by atoms with Gasteiger partial charge in [0.2, 0.25) is 0 Å². The summed E-state index contributed by atoms with van der Waals surface area (Å²) in [5.74, 6) is 0.494. The molecule has 166 valence electrons. The normalized spacial score (nSPS) is 15.7. The lowest BCUT2D eigenvalue weighted by molar-refractivity contribution is 0.129. The zero-order valence-electron chi connectivity index (χ0n) is 18.1. The Morgan fingerprint density at radius 2 is 2.03 bits per heavy atom. The molecule has 5 heterocycles. The molecule has 0 amide bonds. The van der Waals surface area contributed by atoms with Crippen molar-refractivity contribution in [3.05, 3.63) is 58.4 Å². The highest BCUT2D eigenvalue weighted by atomic mass is 19.1. The van der Waals surface area contributed by atoms with E-state index in [4.69, 9.17) is 9.72 Å². The van der Waals surface area contributed by atoms with Gasteiger partial charge in [-0.15, -0.1) is 0 Å². The van der Waals surface area contributed by atoms with Gasteiger partial charge in [0.15, 0.2) is 11.5 Å². The maximum absolute atomic E-state index is 14.5. The highest BCUT2D eigenvalue weighted by Gasteiger charge is 2.23. The van der Waals surface area contributed by atoms with Gasteiger partial charge in [-0.1, -0.05) is 0 Å². The molecule has 1 aliphatic rings. The third kappa shape index (κ3) is 3.89. The van der Waals surface area contributed by atoms with Crippen LogP contribution in [0.1, 0.15) is 30.3 Å². The number of hydrogen-bond donors (Lipinski definition) is 1. The van der Waals surface area contributed by atoms with Crippen LogP contribution in [0, 0.1) is 12.7 Å². The molecule has 0 saturated carbocycles. The number of aryl methyl sites for hydroxylation is 1. The second-order valence-corrected chi connectivity index (χ2v) is 8.34. The second-order valence-electron chi connectivity index (χ2n) is 8.34. The Morgan fingerprint density at radius 1 is 1.22 bits per heavy atom. The van der Waals surface area contributed by atoms with Gasteiger partial charge < -0.3 is 19.0 Å². The molecular formula is C23H25FN6O2. The van der Waals surface area contributed by atoms with Crippen LogP contribution in [0.2, 0.25) is 0 Å². The molecule has 5 rings (SSSR count). The average Bonchev–Trinajstić information content (AvgIpc) is 3.18. The molecule has 0 spiro atoms. The van der Waals surface area contributed by atoms with Gasteiger partial charge in [-0.2, -0.15) is 0 Å². The van der Waals surface area contributed by atoms with Crippen LogP contribution in [0.3, 0.4) is 0 Å². The van der Waals surface area contributed by atoms with Crippen LogP contribution in [-0.4, -0.2) is 62.6 Å². The summed E-state index contributed by atoms with van der Waals surface area (Å²) in [6, 6.07) is 3.06. The Balaban J connectivity index is 1.44. The number of pyridine rings is 2. The largest absolute Gasteiger partial charge is 0.383 e. The van der Waals surface area contributed by atoms with E-state index >= 15 is 0 Å². The summed E-state index contributed by atoms with van der Waals surface area (Å²) in [4.78, 5) is 31.6. The number of halogens is 1. The number of methoxy groups -OCH3 is 1. The Kier molecular flexibility index (Phi) is 5.44. The number of H-pyrrole nitrogens is 1. The highest BCUT2D eigenvalue weighted by Crippen LogP contribution is 2.27. The second kappa shape index (κ2) is 8.40. The van der Waals surface area contributed by atoms with Crippen LogP contribution in [-0.2, 0) is 4.74 Å². The number of imidazole rings is 1. The number of likely N-dealkylation sites (tertiary alicyclic amines) is 1. The van der Waals surface area contributed by atoms with Gasteiger partial charge in [0.25, 0.3) is 5.56 Å². The fourth-order valence-electron chi connectivity index (χ4n) is 4.38. The third-order valence-electron chi connectivity index (χ3n) is 6.12. The predicted molar refractivity (Wildman–Crippen MR) is 119 cm³/mol. The van der Waals surface area contributed by atoms with E-state index in [9.17, 15) is 9.18 Å². The van der Waals surface area contributed by atoms with Crippen molar-refractivity contribution in [2.24, 2.45) is 0 Å². The monoisotopic (exact) mass is 436 g/mol. The number of ether oxygens (including phenoxy) is 1. The fourth-order valence-corrected chi connectivity index (χ4v) is 4.38. The molecule has 32 heavy (non-hydrogen) atoms. The number of hydrogen-bond acceptors (Lipinski definition) is 6. The molecule has 1 saturated heterocycles. The number of aromatic nitrogens is 5. The quantitative estimate of drug-likeness (QED) is 0.518. The Hall–Kier alpha value is -3.17. The van der Waals surface area contributed by atoms with Crippen molar-refractivity contribution in [2.45, 2.75) is 25.7 Å². The van der Waals surface area contributed by atoms with Crippen molar-refractivity contribution in [1.29, 1.82) is 0 Å². The minimum atomic E-state index is -0.434. The Morgan fingerprint density at radius 3 is 2.81 bits per heavy atom. The van der Waals surface area contributed by atoms with Crippen LogP contribution < -0.4 is 5.56 Å². The van der Waals surface area contributed by atoms with Crippen LogP contribution >= 0.6 is 0 Å². The van der Waals surface area contributed by atoms with E-state index in [0.29, 0.717) is 28.0 Å². The van der Waals surface area contributed by atoms with Crippen LogP contribution in [0.5, 0.6) is 0 Å². The molecule has 0 aromatic carbocycles. The first kappa shape index (κ1) is 20.7. The average molecular weight is 436 g/mol. The zero-order valence-corrected chi connectivity index (χ0v) is 18.1. The summed E-state index contributed by atoms with van der Waals surface area (Å²) in [6.07, 6.45) is 6.99. The number of fused-ring (bicyclic) bond motifs is 2. The van der Waals surface area contributed by atoms with Crippen molar-refractivity contribution >= 4 is 16.6 Å². The van der Waals surface area contributed by atoms with Crippen molar-refractivity contribution < 1.29 is 9.13 Å². The molecule has 1 fully saturated rings. The summed E-state index contributed by atoms with van der Waals surface area (Å²) < 4.78 is 21.3. The van der Waals surface area contributed by atoms with Gasteiger partial charge in [-0.3, -0.25) is 9.78 Å². The lowest BCUT2D eigenvalue weighted by Crippen LogP contribution is -2.36. The molecule has 1 N–H and O–H groups in total. The summed E-state index contributed by atoms with van der Waals surface area (Å²) in [5, 5.41) is 0.443. The summed E-state index contributed by atoms with van der Waals surface area (Å²) in [7, 11) is 1.71.